The lowest BCUT2D eigenvalue weighted by Gasteiger charge is -2.31. The number of carbonyl (C=O) groups excluding carboxylic acids is 1. The SMILES string of the molecule is CS(=O)(=O)N1CCCC(NC(=O)c2ccc(OCC3CC3)cc2)C1. The summed E-state index contributed by atoms with van der Waals surface area (Å²) in [6, 6.07) is 6.96. The van der Waals surface area contributed by atoms with Gasteiger partial charge in [0.15, 0.2) is 0 Å². The summed E-state index contributed by atoms with van der Waals surface area (Å²) < 4.78 is 30.4. The standard InChI is InChI=1S/C17H24N2O4S/c1-24(21,22)19-10-2-3-15(11-19)18-17(20)14-6-8-16(9-7-14)23-12-13-4-5-13/h6-9,13,15H,2-5,10-12H2,1H3,(H,18,20). The third-order valence-electron chi connectivity index (χ3n) is 4.49. The topological polar surface area (TPSA) is 75.7 Å². The molecule has 1 aliphatic carbocycles. The summed E-state index contributed by atoms with van der Waals surface area (Å²) >= 11 is 0. The van der Waals surface area contributed by atoms with Crippen molar-refractivity contribution in [3.05, 3.63) is 29.8 Å². The van der Waals surface area contributed by atoms with E-state index in [0.717, 1.165) is 25.2 Å². The van der Waals surface area contributed by atoms with E-state index in [-0.39, 0.29) is 11.9 Å². The Labute approximate surface area is 143 Å². The molecule has 132 valence electrons. The van der Waals surface area contributed by atoms with Gasteiger partial charge in [0.1, 0.15) is 5.75 Å². The number of carbonyl (C=O) groups is 1. The summed E-state index contributed by atoms with van der Waals surface area (Å²) in [6.07, 6.45) is 5.24. The Morgan fingerprint density at radius 3 is 2.58 bits per heavy atom. The number of ether oxygens (including phenoxy) is 1. The van der Waals surface area contributed by atoms with Gasteiger partial charge >= 0.3 is 0 Å². The molecule has 1 aromatic carbocycles. The summed E-state index contributed by atoms with van der Waals surface area (Å²) in [4.78, 5) is 12.3. The van der Waals surface area contributed by atoms with Gasteiger partial charge in [0, 0.05) is 24.7 Å². The molecule has 3 rings (SSSR count). The minimum Gasteiger partial charge on any atom is -0.493 e. The first-order valence-electron chi connectivity index (χ1n) is 8.40. The van der Waals surface area contributed by atoms with Crippen LogP contribution in [0, 0.1) is 5.92 Å². The average molecular weight is 352 g/mol. The van der Waals surface area contributed by atoms with E-state index in [2.05, 4.69) is 5.32 Å². The van der Waals surface area contributed by atoms with Crippen LogP contribution in [0.5, 0.6) is 5.75 Å². The second-order valence-electron chi connectivity index (χ2n) is 6.71. The van der Waals surface area contributed by atoms with Gasteiger partial charge in [-0.25, -0.2) is 12.7 Å². The fraction of sp³-hybridized carbons (Fsp3) is 0.588. The van der Waals surface area contributed by atoms with Gasteiger partial charge in [0.2, 0.25) is 10.0 Å². The Balaban J connectivity index is 1.53. The van der Waals surface area contributed by atoms with Crippen LogP contribution in [0.1, 0.15) is 36.0 Å². The molecule has 1 atom stereocenters. The zero-order valence-electron chi connectivity index (χ0n) is 13.9. The molecule has 1 unspecified atom stereocenters. The highest BCUT2D eigenvalue weighted by molar-refractivity contribution is 7.88. The van der Waals surface area contributed by atoms with Crippen molar-refractivity contribution in [3.63, 3.8) is 0 Å². The maximum atomic E-state index is 12.3. The molecule has 0 spiro atoms. The van der Waals surface area contributed by atoms with E-state index < -0.39 is 10.0 Å². The Bertz CT molecular complexity index is 683. The minimum absolute atomic E-state index is 0.147. The highest BCUT2D eigenvalue weighted by atomic mass is 32.2. The number of nitrogens with zero attached hydrogens (tertiary/aromatic N) is 1. The smallest absolute Gasteiger partial charge is 0.251 e. The van der Waals surface area contributed by atoms with Gasteiger partial charge in [0.25, 0.3) is 5.91 Å². The van der Waals surface area contributed by atoms with Gasteiger partial charge in [-0.3, -0.25) is 4.79 Å². The van der Waals surface area contributed by atoms with Gasteiger partial charge in [-0.2, -0.15) is 0 Å². The summed E-state index contributed by atoms with van der Waals surface area (Å²) in [5.74, 6) is 1.29. The zero-order chi connectivity index (χ0) is 17.2. The van der Waals surface area contributed by atoms with Crippen LogP contribution in [0.2, 0.25) is 0 Å². The van der Waals surface area contributed by atoms with Crippen molar-refractivity contribution in [2.45, 2.75) is 31.7 Å². The molecule has 2 fully saturated rings. The van der Waals surface area contributed by atoms with Crippen LogP contribution >= 0.6 is 0 Å². The van der Waals surface area contributed by atoms with Crippen LogP contribution < -0.4 is 10.1 Å². The Morgan fingerprint density at radius 2 is 1.96 bits per heavy atom. The van der Waals surface area contributed by atoms with E-state index in [1.54, 1.807) is 24.3 Å². The number of benzene rings is 1. The number of sulfonamides is 1. The summed E-state index contributed by atoms with van der Waals surface area (Å²) in [6.45, 7) is 1.61. The molecule has 6 nitrogen and oxygen atoms in total. The van der Waals surface area contributed by atoms with Crippen molar-refractivity contribution in [1.82, 2.24) is 9.62 Å². The summed E-state index contributed by atoms with van der Waals surface area (Å²) in [5, 5.41) is 2.93. The van der Waals surface area contributed by atoms with Crippen molar-refractivity contribution in [2.75, 3.05) is 26.0 Å². The van der Waals surface area contributed by atoms with Crippen molar-refractivity contribution in [1.29, 1.82) is 0 Å². The molecule has 1 amide bonds. The van der Waals surface area contributed by atoms with Crippen molar-refractivity contribution < 1.29 is 17.9 Å². The fourth-order valence-electron chi connectivity index (χ4n) is 2.83. The lowest BCUT2D eigenvalue weighted by molar-refractivity contribution is 0.0921. The molecule has 0 bridgehead atoms. The number of hydrogen-bond acceptors (Lipinski definition) is 4. The van der Waals surface area contributed by atoms with Gasteiger partial charge in [-0.1, -0.05) is 0 Å². The first-order valence-corrected chi connectivity index (χ1v) is 10.3. The number of hydrogen-bond donors (Lipinski definition) is 1. The van der Waals surface area contributed by atoms with Gasteiger partial charge in [0.05, 0.1) is 12.9 Å². The van der Waals surface area contributed by atoms with Gasteiger partial charge in [-0.15, -0.1) is 0 Å². The Kier molecular flexibility index (Phi) is 5.10. The molecular formula is C17H24N2O4S. The van der Waals surface area contributed by atoms with Crippen LogP contribution in [-0.2, 0) is 10.0 Å². The number of rotatable bonds is 6. The summed E-state index contributed by atoms with van der Waals surface area (Å²) in [7, 11) is -3.21. The molecule has 1 aromatic rings. The maximum absolute atomic E-state index is 12.3. The molecule has 1 saturated heterocycles. The lowest BCUT2D eigenvalue weighted by Crippen LogP contribution is -2.49. The maximum Gasteiger partial charge on any atom is 0.251 e. The number of nitrogens with one attached hydrogen (secondary N) is 1. The number of amides is 1. The molecule has 1 N–H and O–H groups in total. The second kappa shape index (κ2) is 7.11. The van der Waals surface area contributed by atoms with Crippen LogP contribution in [0.3, 0.4) is 0 Å². The van der Waals surface area contributed by atoms with Crippen LogP contribution in [0.25, 0.3) is 0 Å². The van der Waals surface area contributed by atoms with Crippen molar-refractivity contribution >= 4 is 15.9 Å². The van der Waals surface area contributed by atoms with E-state index in [4.69, 9.17) is 4.74 Å². The Morgan fingerprint density at radius 1 is 1.25 bits per heavy atom. The van der Waals surface area contributed by atoms with E-state index in [9.17, 15) is 13.2 Å². The molecule has 7 heteroatoms. The van der Waals surface area contributed by atoms with Crippen molar-refractivity contribution in [2.24, 2.45) is 5.92 Å². The summed E-state index contributed by atoms with van der Waals surface area (Å²) in [5.41, 5.74) is 0.560. The molecule has 1 heterocycles. The highest BCUT2D eigenvalue weighted by Crippen LogP contribution is 2.29. The Hall–Kier alpha value is -1.60. The second-order valence-corrected chi connectivity index (χ2v) is 8.69. The van der Waals surface area contributed by atoms with E-state index in [1.807, 2.05) is 0 Å². The molecular weight excluding hydrogens is 328 g/mol. The predicted octanol–water partition coefficient (Wildman–Crippen LogP) is 1.63. The van der Waals surface area contributed by atoms with Gasteiger partial charge in [-0.05, 0) is 55.9 Å². The monoisotopic (exact) mass is 352 g/mol. The quantitative estimate of drug-likeness (QED) is 0.844. The highest BCUT2D eigenvalue weighted by Gasteiger charge is 2.27. The van der Waals surface area contributed by atoms with Crippen LogP contribution in [-0.4, -0.2) is 50.6 Å². The van der Waals surface area contributed by atoms with Crippen LogP contribution in [0.15, 0.2) is 24.3 Å². The zero-order valence-corrected chi connectivity index (χ0v) is 14.7. The molecule has 2 aliphatic rings. The number of piperidine rings is 1. The fourth-order valence-corrected chi connectivity index (χ4v) is 3.74. The largest absolute Gasteiger partial charge is 0.493 e. The first-order chi connectivity index (χ1) is 11.4. The van der Waals surface area contributed by atoms with E-state index in [0.29, 0.717) is 24.6 Å². The molecule has 1 aliphatic heterocycles. The molecule has 1 saturated carbocycles. The minimum atomic E-state index is -3.21. The predicted molar refractivity (Wildman–Crippen MR) is 91.6 cm³/mol. The third-order valence-corrected chi connectivity index (χ3v) is 5.76. The average Bonchev–Trinajstić information content (AvgIpc) is 3.37. The van der Waals surface area contributed by atoms with Crippen molar-refractivity contribution in [3.8, 4) is 5.75 Å². The van der Waals surface area contributed by atoms with Crippen LogP contribution in [0.4, 0.5) is 0 Å². The molecule has 0 radical (unpaired) electrons. The van der Waals surface area contributed by atoms with E-state index in [1.165, 1.54) is 23.4 Å². The molecule has 0 aromatic heterocycles. The normalized spacial score (nSPS) is 22.1. The molecule has 24 heavy (non-hydrogen) atoms. The van der Waals surface area contributed by atoms with E-state index >= 15 is 0 Å². The third kappa shape index (κ3) is 4.70. The first kappa shape index (κ1) is 17.2. The van der Waals surface area contributed by atoms with Gasteiger partial charge < -0.3 is 10.1 Å². The lowest BCUT2D eigenvalue weighted by atomic mass is 10.1.